The highest BCUT2D eigenvalue weighted by Gasteiger charge is 2.65. The molecule has 152 valence electrons. The maximum atomic E-state index is 11.5. The Bertz CT molecular complexity index is 935. The van der Waals surface area contributed by atoms with Crippen LogP contribution in [0.5, 0.6) is 11.5 Å². The highest BCUT2D eigenvalue weighted by molar-refractivity contribution is 5.94. The SMILES string of the molecule is CCc1cc(O[C@H]2C(C)(C)[C@H](Oc3ccc(C(C)=O)cc3)C2(C)C)ccc1C#N. The Labute approximate surface area is 173 Å². The maximum absolute atomic E-state index is 11.5. The molecule has 0 atom stereocenters. The summed E-state index contributed by atoms with van der Waals surface area (Å²) in [7, 11) is 0. The summed E-state index contributed by atoms with van der Waals surface area (Å²) in [6.45, 7) is 12.2. The fourth-order valence-corrected chi connectivity index (χ4v) is 4.79. The van der Waals surface area contributed by atoms with Crippen LogP contribution in [0.15, 0.2) is 42.5 Å². The summed E-state index contributed by atoms with van der Waals surface area (Å²) in [6.07, 6.45) is 0.723. The fourth-order valence-electron chi connectivity index (χ4n) is 4.79. The summed E-state index contributed by atoms with van der Waals surface area (Å²) in [5.41, 5.74) is 1.96. The molecule has 0 heterocycles. The van der Waals surface area contributed by atoms with Gasteiger partial charge in [0.15, 0.2) is 5.78 Å². The van der Waals surface area contributed by atoms with Crippen molar-refractivity contribution in [1.29, 1.82) is 5.26 Å². The number of nitriles is 1. The van der Waals surface area contributed by atoms with Gasteiger partial charge in [-0.1, -0.05) is 34.6 Å². The zero-order valence-corrected chi connectivity index (χ0v) is 18.1. The van der Waals surface area contributed by atoms with Crippen LogP contribution in [-0.2, 0) is 6.42 Å². The highest BCUT2D eigenvalue weighted by atomic mass is 16.5. The minimum Gasteiger partial charge on any atom is -0.489 e. The fraction of sp³-hybridized carbons (Fsp3) is 0.440. The molecule has 0 amide bonds. The molecular formula is C25H29NO3. The molecule has 1 aliphatic rings. The van der Waals surface area contributed by atoms with Gasteiger partial charge in [0, 0.05) is 16.4 Å². The summed E-state index contributed by atoms with van der Waals surface area (Å²) in [6, 6.07) is 15.2. The van der Waals surface area contributed by atoms with Crippen molar-refractivity contribution < 1.29 is 14.3 Å². The van der Waals surface area contributed by atoms with Gasteiger partial charge in [-0.15, -0.1) is 0 Å². The van der Waals surface area contributed by atoms with Crippen LogP contribution in [0.1, 0.15) is 63.0 Å². The van der Waals surface area contributed by atoms with Crippen LogP contribution in [0.4, 0.5) is 0 Å². The zero-order valence-electron chi connectivity index (χ0n) is 18.1. The second-order valence-corrected chi connectivity index (χ2v) is 9.00. The molecule has 0 saturated heterocycles. The molecule has 0 bridgehead atoms. The Balaban J connectivity index is 1.78. The number of hydrogen-bond donors (Lipinski definition) is 0. The van der Waals surface area contributed by atoms with Crippen LogP contribution in [0.25, 0.3) is 0 Å². The number of nitrogens with zero attached hydrogens (tertiary/aromatic N) is 1. The quantitative estimate of drug-likeness (QED) is 0.603. The van der Waals surface area contributed by atoms with E-state index in [0.717, 1.165) is 23.5 Å². The molecule has 2 aromatic carbocycles. The van der Waals surface area contributed by atoms with Crippen molar-refractivity contribution in [3.63, 3.8) is 0 Å². The average Bonchev–Trinajstić information content (AvgIpc) is 2.69. The van der Waals surface area contributed by atoms with Gasteiger partial charge in [0.1, 0.15) is 23.7 Å². The lowest BCUT2D eigenvalue weighted by Gasteiger charge is -2.62. The van der Waals surface area contributed by atoms with E-state index >= 15 is 0 Å². The normalized spacial score (nSPS) is 21.6. The van der Waals surface area contributed by atoms with Gasteiger partial charge in [-0.3, -0.25) is 4.79 Å². The predicted octanol–water partition coefficient (Wildman–Crippen LogP) is 5.58. The maximum Gasteiger partial charge on any atom is 0.159 e. The molecule has 0 spiro atoms. The van der Waals surface area contributed by atoms with Crippen molar-refractivity contribution in [2.75, 3.05) is 0 Å². The van der Waals surface area contributed by atoms with E-state index in [4.69, 9.17) is 9.47 Å². The zero-order chi connectivity index (χ0) is 21.4. The number of carbonyl (C=O) groups excluding carboxylic acids is 1. The van der Waals surface area contributed by atoms with E-state index in [-0.39, 0.29) is 28.8 Å². The van der Waals surface area contributed by atoms with E-state index in [1.165, 1.54) is 0 Å². The van der Waals surface area contributed by atoms with E-state index in [2.05, 4.69) is 33.8 Å². The Morgan fingerprint density at radius 2 is 1.48 bits per heavy atom. The monoisotopic (exact) mass is 391 g/mol. The van der Waals surface area contributed by atoms with Crippen molar-refractivity contribution in [2.24, 2.45) is 10.8 Å². The van der Waals surface area contributed by atoms with Crippen molar-refractivity contribution >= 4 is 5.78 Å². The summed E-state index contributed by atoms with van der Waals surface area (Å²) in [4.78, 5) is 11.5. The summed E-state index contributed by atoms with van der Waals surface area (Å²) >= 11 is 0. The van der Waals surface area contributed by atoms with Gasteiger partial charge in [-0.2, -0.15) is 5.26 Å². The van der Waals surface area contributed by atoms with E-state index in [1.807, 2.05) is 37.3 Å². The van der Waals surface area contributed by atoms with Crippen LogP contribution in [0.3, 0.4) is 0 Å². The molecule has 3 rings (SSSR count). The molecule has 1 saturated carbocycles. The third-order valence-corrected chi connectivity index (χ3v) is 6.05. The Morgan fingerprint density at radius 1 is 0.966 bits per heavy atom. The molecule has 0 N–H and O–H groups in total. The van der Waals surface area contributed by atoms with Gasteiger partial charge in [0.25, 0.3) is 0 Å². The van der Waals surface area contributed by atoms with Gasteiger partial charge in [-0.25, -0.2) is 0 Å². The van der Waals surface area contributed by atoms with Crippen molar-refractivity contribution in [2.45, 2.75) is 60.2 Å². The van der Waals surface area contributed by atoms with Crippen molar-refractivity contribution in [3.05, 3.63) is 59.2 Å². The molecule has 4 heteroatoms. The largest absolute Gasteiger partial charge is 0.489 e. The minimum atomic E-state index is -0.205. The second-order valence-electron chi connectivity index (χ2n) is 9.00. The molecule has 1 fully saturated rings. The first-order valence-corrected chi connectivity index (χ1v) is 10.1. The first-order valence-electron chi connectivity index (χ1n) is 10.1. The molecular weight excluding hydrogens is 362 g/mol. The van der Waals surface area contributed by atoms with Gasteiger partial charge in [0.2, 0.25) is 0 Å². The number of ether oxygens (including phenoxy) is 2. The van der Waals surface area contributed by atoms with E-state index in [1.54, 1.807) is 19.1 Å². The molecule has 2 aromatic rings. The number of ketones is 1. The highest BCUT2D eigenvalue weighted by Crippen LogP contribution is 2.57. The Hall–Kier alpha value is -2.80. The third-order valence-electron chi connectivity index (χ3n) is 6.05. The molecule has 0 radical (unpaired) electrons. The number of carbonyl (C=O) groups is 1. The number of benzene rings is 2. The van der Waals surface area contributed by atoms with Crippen LogP contribution in [0.2, 0.25) is 0 Å². The molecule has 0 aliphatic heterocycles. The second kappa shape index (κ2) is 7.55. The lowest BCUT2D eigenvalue weighted by molar-refractivity contribution is -0.224. The number of hydrogen-bond acceptors (Lipinski definition) is 4. The first kappa shape index (κ1) is 20.9. The molecule has 0 unspecified atom stereocenters. The number of Topliss-reactive ketones (excluding diaryl/α,β-unsaturated/α-hetero) is 1. The van der Waals surface area contributed by atoms with Crippen LogP contribution >= 0.6 is 0 Å². The summed E-state index contributed by atoms with van der Waals surface area (Å²) in [5, 5.41) is 9.24. The molecule has 29 heavy (non-hydrogen) atoms. The summed E-state index contributed by atoms with van der Waals surface area (Å²) < 4.78 is 12.7. The molecule has 4 nitrogen and oxygen atoms in total. The molecule has 1 aliphatic carbocycles. The van der Waals surface area contributed by atoms with Gasteiger partial charge >= 0.3 is 0 Å². The minimum absolute atomic E-state index is 0.0332. The Kier molecular flexibility index (Phi) is 5.45. The van der Waals surface area contributed by atoms with Crippen LogP contribution in [0, 0.1) is 22.2 Å². The molecule has 0 aromatic heterocycles. The van der Waals surface area contributed by atoms with E-state index in [9.17, 15) is 10.1 Å². The van der Waals surface area contributed by atoms with Gasteiger partial charge in [-0.05, 0) is 61.4 Å². The number of aryl methyl sites for hydroxylation is 1. The van der Waals surface area contributed by atoms with Crippen molar-refractivity contribution in [1.82, 2.24) is 0 Å². The lowest BCUT2D eigenvalue weighted by Crippen LogP contribution is -2.71. The first-order chi connectivity index (χ1) is 13.6. The average molecular weight is 392 g/mol. The number of rotatable bonds is 6. The van der Waals surface area contributed by atoms with Crippen LogP contribution < -0.4 is 9.47 Å². The van der Waals surface area contributed by atoms with E-state index in [0.29, 0.717) is 11.1 Å². The topological polar surface area (TPSA) is 59.3 Å². The van der Waals surface area contributed by atoms with Gasteiger partial charge in [0.05, 0.1) is 11.6 Å². The Morgan fingerprint density at radius 3 is 1.97 bits per heavy atom. The van der Waals surface area contributed by atoms with Crippen LogP contribution in [-0.4, -0.2) is 18.0 Å². The third kappa shape index (κ3) is 3.74. The van der Waals surface area contributed by atoms with Crippen molar-refractivity contribution in [3.8, 4) is 17.6 Å². The summed E-state index contributed by atoms with van der Waals surface area (Å²) in [5.74, 6) is 1.59. The van der Waals surface area contributed by atoms with E-state index < -0.39 is 0 Å². The smallest absolute Gasteiger partial charge is 0.159 e. The lowest BCUT2D eigenvalue weighted by atomic mass is 9.51. The predicted molar refractivity (Wildman–Crippen MR) is 113 cm³/mol. The standard InChI is InChI=1S/C25H29NO3/c1-7-17-14-21(13-10-19(17)15-26)29-23-24(3,4)22(25(23,5)6)28-20-11-8-18(9-12-20)16(2)27/h8-14,22-23H,7H2,1-6H3/t22-,23-. The van der Waals surface area contributed by atoms with Gasteiger partial charge < -0.3 is 9.47 Å².